The van der Waals surface area contributed by atoms with Crippen molar-refractivity contribution in [3.63, 3.8) is 0 Å². The zero-order chi connectivity index (χ0) is 15.1. The summed E-state index contributed by atoms with van der Waals surface area (Å²) in [5, 5.41) is 3.39. The van der Waals surface area contributed by atoms with Crippen LogP contribution < -0.4 is 10.2 Å². The van der Waals surface area contributed by atoms with Gasteiger partial charge in [0.05, 0.1) is 0 Å². The van der Waals surface area contributed by atoms with Gasteiger partial charge in [0.1, 0.15) is 5.82 Å². The fraction of sp³-hybridized carbons (Fsp3) is 0.353. The Morgan fingerprint density at radius 1 is 1.19 bits per heavy atom. The second-order valence-corrected chi connectivity index (χ2v) is 6.10. The molecule has 0 aliphatic rings. The smallest absolute Gasteiger partial charge is 0.128 e. The van der Waals surface area contributed by atoms with Gasteiger partial charge in [-0.1, -0.05) is 41.1 Å². The Morgan fingerprint density at radius 3 is 2.71 bits per heavy atom. The fourth-order valence-electron chi connectivity index (χ4n) is 2.15. The van der Waals surface area contributed by atoms with E-state index in [9.17, 15) is 0 Å². The first kappa shape index (κ1) is 16.0. The van der Waals surface area contributed by atoms with Gasteiger partial charge in [0.25, 0.3) is 0 Å². The summed E-state index contributed by atoms with van der Waals surface area (Å²) in [4.78, 5) is 6.71. The van der Waals surface area contributed by atoms with Crippen molar-refractivity contribution in [2.45, 2.75) is 26.4 Å². The van der Waals surface area contributed by atoms with Crippen LogP contribution in [0.2, 0.25) is 0 Å². The van der Waals surface area contributed by atoms with Gasteiger partial charge in [0.2, 0.25) is 0 Å². The summed E-state index contributed by atoms with van der Waals surface area (Å²) < 4.78 is 1.11. The third-order valence-electron chi connectivity index (χ3n) is 3.26. The highest BCUT2D eigenvalue weighted by Crippen LogP contribution is 2.16. The topological polar surface area (TPSA) is 28.2 Å². The third-order valence-corrected chi connectivity index (χ3v) is 3.76. The monoisotopic (exact) mass is 347 g/mol. The predicted molar refractivity (Wildman–Crippen MR) is 92.5 cm³/mol. The molecule has 0 aliphatic heterocycles. The van der Waals surface area contributed by atoms with E-state index >= 15 is 0 Å². The largest absolute Gasteiger partial charge is 0.355 e. The lowest BCUT2D eigenvalue weighted by Crippen LogP contribution is -2.18. The van der Waals surface area contributed by atoms with E-state index in [1.807, 2.05) is 12.3 Å². The summed E-state index contributed by atoms with van der Waals surface area (Å²) in [5.74, 6) is 0.995. The minimum atomic E-state index is 0.847. The number of nitrogens with one attached hydrogen (secondary N) is 1. The lowest BCUT2D eigenvalue weighted by atomic mass is 10.2. The number of nitrogens with zero attached hydrogens (tertiary/aromatic N) is 2. The highest BCUT2D eigenvalue weighted by molar-refractivity contribution is 9.10. The second kappa shape index (κ2) is 8.15. The molecule has 0 atom stereocenters. The molecule has 0 bridgehead atoms. The van der Waals surface area contributed by atoms with Crippen molar-refractivity contribution in [3.05, 3.63) is 58.2 Å². The third kappa shape index (κ3) is 5.14. The number of aromatic nitrogens is 1. The molecule has 1 heterocycles. The van der Waals surface area contributed by atoms with E-state index in [-0.39, 0.29) is 0 Å². The Bertz CT molecular complexity index is 554. The normalized spacial score (nSPS) is 10.6. The molecule has 2 aromatic rings. The van der Waals surface area contributed by atoms with Crippen LogP contribution in [-0.2, 0) is 13.1 Å². The Balaban J connectivity index is 1.94. The summed E-state index contributed by atoms with van der Waals surface area (Å²) >= 11 is 3.51. The fourth-order valence-corrected chi connectivity index (χ4v) is 2.59. The molecule has 2 rings (SSSR count). The van der Waals surface area contributed by atoms with Gasteiger partial charge in [-0.05, 0) is 42.3 Å². The highest BCUT2D eigenvalue weighted by Gasteiger charge is 2.04. The van der Waals surface area contributed by atoms with Crippen LogP contribution in [-0.4, -0.2) is 18.6 Å². The van der Waals surface area contributed by atoms with Crippen molar-refractivity contribution in [2.75, 3.05) is 18.5 Å². The quantitative estimate of drug-likeness (QED) is 0.767. The van der Waals surface area contributed by atoms with E-state index in [1.54, 1.807) is 0 Å². The molecule has 4 heteroatoms. The van der Waals surface area contributed by atoms with Crippen molar-refractivity contribution in [1.82, 2.24) is 10.3 Å². The maximum atomic E-state index is 4.55. The van der Waals surface area contributed by atoms with E-state index in [2.05, 4.69) is 75.4 Å². The molecular formula is C17H22BrN3. The lowest BCUT2D eigenvalue weighted by Gasteiger charge is -2.18. The summed E-state index contributed by atoms with van der Waals surface area (Å²) in [6.45, 7) is 4.95. The van der Waals surface area contributed by atoms with Crippen LogP contribution in [0.3, 0.4) is 0 Å². The van der Waals surface area contributed by atoms with E-state index in [0.29, 0.717) is 0 Å². The second-order valence-electron chi connectivity index (χ2n) is 5.19. The zero-order valence-corrected chi connectivity index (χ0v) is 14.2. The number of benzene rings is 1. The Kier molecular flexibility index (Phi) is 6.21. The maximum absolute atomic E-state index is 4.55. The molecular weight excluding hydrogens is 326 g/mol. The first-order valence-electron chi connectivity index (χ1n) is 7.30. The highest BCUT2D eigenvalue weighted by atomic mass is 79.9. The minimum Gasteiger partial charge on any atom is -0.355 e. The van der Waals surface area contributed by atoms with Crippen LogP contribution >= 0.6 is 15.9 Å². The van der Waals surface area contributed by atoms with Gasteiger partial charge in [0, 0.05) is 30.8 Å². The van der Waals surface area contributed by atoms with Gasteiger partial charge >= 0.3 is 0 Å². The van der Waals surface area contributed by atoms with Gasteiger partial charge in [0.15, 0.2) is 0 Å². The van der Waals surface area contributed by atoms with Gasteiger partial charge in [-0.2, -0.15) is 0 Å². The number of hydrogen-bond donors (Lipinski definition) is 1. The van der Waals surface area contributed by atoms with Crippen molar-refractivity contribution >= 4 is 21.7 Å². The van der Waals surface area contributed by atoms with Crippen molar-refractivity contribution in [2.24, 2.45) is 0 Å². The minimum absolute atomic E-state index is 0.847. The molecule has 0 saturated carbocycles. The molecule has 0 radical (unpaired) electrons. The summed E-state index contributed by atoms with van der Waals surface area (Å²) in [5.41, 5.74) is 2.49. The number of anilines is 1. The van der Waals surface area contributed by atoms with Crippen LogP contribution in [0, 0.1) is 0 Å². The molecule has 3 nitrogen and oxygen atoms in total. The van der Waals surface area contributed by atoms with E-state index in [0.717, 1.165) is 36.3 Å². The molecule has 0 spiro atoms. The van der Waals surface area contributed by atoms with E-state index in [4.69, 9.17) is 0 Å². The standard InChI is InChI=1S/C17H22BrN3/c1-3-9-19-11-15-7-8-17(20-12-15)21(2)13-14-5-4-6-16(18)10-14/h4-8,10,12,19H,3,9,11,13H2,1-2H3. The molecule has 1 N–H and O–H groups in total. The van der Waals surface area contributed by atoms with Gasteiger partial charge in [-0.3, -0.25) is 0 Å². The number of rotatable bonds is 7. The van der Waals surface area contributed by atoms with Gasteiger partial charge in [-0.25, -0.2) is 4.98 Å². The van der Waals surface area contributed by atoms with Crippen LogP contribution in [0.25, 0.3) is 0 Å². The summed E-state index contributed by atoms with van der Waals surface area (Å²) in [6, 6.07) is 12.6. The molecule has 0 fully saturated rings. The van der Waals surface area contributed by atoms with E-state index in [1.165, 1.54) is 11.1 Å². The Labute approximate surface area is 135 Å². The molecule has 0 saturated heterocycles. The molecule has 112 valence electrons. The average molecular weight is 348 g/mol. The van der Waals surface area contributed by atoms with Crippen LogP contribution in [0.5, 0.6) is 0 Å². The van der Waals surface area contributed by atoms with E-state index < -0.39 is 0 Å². The molecule has 0 unspecified atom stereocenters. The van der Waals surface area contributed by atoms with Crippen molar-refractivity contribution in [1.29, 1.82) is 0 Å². The number of halogens is 1. The molecule has 0 amide bonds. The Hall–Kier alpha value is -1.39. The first-order valence-corrected chi connectivity index (χ1v) is 8.09. The summed E-state index contributed by atoms with van der Waals surface area (Å²) in [6.07, 6.45) is 3.11. The maximum Gasteiger partial charge on any atom is 0.128 e. The summed E-state index contributed by atoms with van der Waals surface area (Å²) in [7, 11) is 2.07. The SMILES string of the molecule is CCCNCc1ccc(N(C)Cc2cccc(Br)c2)nc1. The Morgan fingerprint density at radius 2 is 2.05 bits per heavy atom. The molecule has 1 aromatic carbocycles. The average Bonchev–Trinajstić information content (AvgIpc) is 2.48. The van der Waals surface area contributed by atoms with Crippen molar-refractivity contribution in [3.8, 4) is 0 Å². The first-order chi connectivity index (χ1) is 10.2. The van der Waals surface area contributed by atoms with Gasteiger partial charge in [-0.15, -0.1) is 0 Å². The van der Waals surface area contributed by atoms with Crippen molar-refractivity contribution < 1.29 is 0 Å². The van der Waals surface area contributed by atoms with Crippen LogP contribution in [0.15, 0.2) is 47.1 Å². The van der Waals surface area contributed by atoms with Gasteiger partial charge < -0.3 is 10.2 Å². The van der Waals surface area contributed by atoms with Crippen LogP contribution in [0.1, 0.15) is 24.5 Å². The molecule has 1 aromatic heterocycles. The zero-order valence-electron chi connectivity index (χ0n) is 12.6. The number of pyridine rings is 1. The molecule has 0 aliphatic carbocycles. The molecule has 21 heavy (non-hydrogen) atoms. The van der Waals surface area contributed by atoms with Crippen LogP contribution in [0.4, 0.5) is 5.82 Å². The predicted octanol–water partition coefficient (Wildman–Crippen LogP) is 3.98. The number of hydrogen-bond acceptors (Lipinski definition) is 3. The lowest BCUT2D eigenvalue weighted by molar-refractivity contribution is 0.673.